The first kappa shape index (κ1) is 13.3. The molecule has 0 atom stereocenters. The van der Waals surface area contributed by atoms with Crippen molar-refractivity contribution >= 4 is 5.82 Å². The second-order valence-corrected chi connectivity index (χ2v) is 5.45. The molecule has 0 aromatic carbocycles. The Bertz CT molecular complexity index is 412. The van der Waals surface area contributed by atoms with Crippen LogP contribution in [0.1, 0.15) is 57.0 Å². The Morgan fingerprint density at radius 3 is 2.50 bits per heavy atom. The summed E-state index contributed by atoms with van der Waals surface area (Å²) in [5.74, 6) is 2.23. The molecule has 1 N–H and O–H groups in total. The molecule has 1 aromatic rings. The summed E-state index contributed by atoms with van der Waals surface area (Å²) in [5.41, 5.74) is 0.715. The van der Waals surface area contributed by atoms with Crippen LogP contribution in [0.5, 0.6) is 0 Å². The van der Waals surface area contributed by atoms with Crippen LogP contribution in [0.25, 0.3) is 0 Å². The number of rotatable bonds is 4. The molecule has 0 saturated heterocycles. The van der Waals surface area contributed by atoms with Gasteiger partial charge in [0.1, 0.15) is 11.4 Å². The van der Waals surface area contributed by atoms with E-state index in [1.807, 2.05) is 20.9 Å². The third-order valence-electron chi connectivity index (χ3n) is 3.82. The molecule has 1 saturated carbocycles. The zero-order valence-electron chi connectivity index (χ0n) is 11.8. The minimum atomic E-state index is -0.444. The Balaban J connectivity index is 2.38. The fourth-order valence-electron chi connectivity index (χ4n) is 2.39. The van der Waals surface area contributed by atoms with Crippen molar-refractivity contribution in [3.63, 3.8) is 0 Å². The SMILES string of the molecule is CNc1cc(C2CCCC2)nc(C(C)(C)OC)n1. The number of hydrogen-bond acceptors (Lipinski definition) is 4. The molecule has 1 heterocycles. The highest BCUT2D eigenvalue weighted by Gasteiger charge is 2.26. The number of methoxy groups -OCH3 is 1. The topological polar surface area (TPSA) is 47.0 Å². The number of anilines is 1. The average Bonchev–Trinajstić information content (AvgIpc) is 2.92. The van der Waals surface area contributed by atoms with E-state index < -0.39 is 5.60 Å². The van der Waals surface area contributed by atoms with Crippen LogP contribution in [-0.4, -0.2) is 24.1 Å². The zero-order valence-corrected chi connectivity index (χ0v) is 11.8. The smallest absolute Gasteiger partial charge is 0.162 e. The summed E-state index contributed by atoms with van der Waals surface area (Å²) >= 11 is 0. The van der Waals surface area contributed by atoms with Crippen molar-refractivity contribution < 1.29 is 4.74 Å². The summed E-state index contributed by atoms with van der Waals surface area (Å²) in [6, 6.07) is 2.07. The molecular formula is C14H23N3O. The number of ether oxygens (including phenoxy) is 1. The van der Waals surface area contributed by atoms with E-state index in [0.29, 0.717) is 5.92 Å². The molecular weight excluding hydrogens is 226 g/mol. The van der Waals surface area contributed by atoms with Gasteiger partial charge in [0.05, 0.1) is 0 Å². The van der Waals surface area contributed by atoms with Crippen molar-refractivity contribution in [3.05, 3.63) is 17.6 Å². The van der Waals surface area contributed by atoms with E-state index >= 15 is 0 Å². The van der Waals surface area contributed by atoms with Gasteiger partial charge in [-0.25, -0.2) is 9.97 Å². The molecule has 1 fully saturated rings. The minimum absolute atomic E-state index is 0.444. The lowest BCUT2D eigenvalue weighted by Crippen LogP contribution is -2.24. The van der Waals surface area contributed by atoms with Gasteiger partial charge in [0.2, 0.25) is 0 Å². The third-order valence-corrected chi connectivity index (χ3v) is 3.82. The van der Waals surface area contributed by atoms with E-state index in [1.165, 1.54) is 25.7 Å². The Morgan fingerprint density at radius 2 is 1.94 bits per heavy atom. The molecule has 1 aliphatic rings. The van der Waals surface area contributed by atoms with Crippen LogP contribution < -0.4 is 5.32 Å². The summed E-state index contributed by atoms with van der Waals surface area (Å²) in [6.07, 6.45) is 5.11. The van der Waals surface area contributed by atoms with E-state index in [1.54, 1.807) is 7.11 Å². The van der Waals surface area contributed by atoms with Crippen LogP contribution in [0, 0.1) is 0 Å². The van der Waals surface area contributed by atoms with E-state index in [4.69, 9.17) is 9.72 Å². The minimum Gasteiger partial charge on any atom is -0.373 e. The standard InChI is InChI=1S/C14H23N3O/c1-14(2,18-4)13-16-11(9-12(15-3)17-13)10-7-5-6-8-10/h9-10H,5-8H2,1-4H3,(H,15,16,17). The fourth-order valence-corrected chi connectivity index (χ4v) is 2.39. The van der Waals surface area contributed by atoms with Crippen LogP contribution in [0.3, 0.4) is 0 Å². The quantitative estimate of drug-likeness (QED) is 0.891. The summed E-state index contributed by atoms with van der Waals surface area (Å²) in [4.78, 5) is 9.25. The predicted molar refractivity (Wildman–Crippen MR) is 72.8 cm³/mol. The van der Waals surface area contributed by atoms with E-state index in [2.05, 4.69) is 16.4 Å². The van der Waals surface area contributed by atoms with Crippen LogP contribution in [0.15, 0.2) is 6.07 Å². The van der Waals surface area contributed by atoms with E-state index in [0.717, 1.165) is 17.3 Å². The molecule has 1 aliphatic carbocycles. The van der Waals surface area contributed by atoms with Crippen molar-refractivity contribution in [3.8, 4) is 0 Å². The zero-order chi connectivity index (χ0) is 13.2. The summed E-state index contributed by atoms with van der Waals surface area (Å²) in [5, 5.41) is 3.12. The number of hydrogen-bond donors (Lipinski definition) is 1. The molecule has 1 aromatic heterocycles. The first-order valence-electron chi connectivity index (χ1n) is 6.69. The molecule has 0 unspecified atom stereocenters. The van der Waals surface area contributed by atoms with E-state index in [9.17, 15) is 0 Å². The molecule has 0 amide bonds. The lowest BCUT2D eigenvalue weighted by Gasteiger charge is -2.23. The second kappa shape index (κ2) is 5.22. The van der Waals surface area contributed by atoms with Gasteiger partial charge in [-0.2, -0.15) is 0 Å². The average molecular weight is 249 g/mol. The molecule has 18 heavy (non-hydrogen) atoms. The van der Waals surface area contributed by atoms with Gasteiger partial charge in [0.25, 0.3) is 0 Å². The van der Waals surface area contributed by atoms with Crippen LogP contribution in [0.4, 0.5) is 5.82 Å². The Kier molecular flexibility index (Phi) is 3.85. The van der Waals surface area contributed by atoms with Crippen molar-refractivity contribution in [2.24, 2.45) is 0 Å². The first-order valence-corrected chi connectivity index (χ1v) is 6.69. The van der Waals surface area contributed by atoms with Crippen molar-refractivity contribution in [2.45, 2.75) is 51.0 Å². The molecule has 0 bridgehead atoms. The largest absolute Gasteiger partial charge is 0.373 e. The van der Waals surface area contributed by atoms with Gasteiger partial charge in [0, 0.05) is 31.8 Å². The third kappa shape index (κ3) is 2.64. The molecule has 0 aliphatic heterocycles. The van der Waals surface area contributed by atoms with Crippen molar-refractivity contribution in [1.29, 1.82) is 0 Å². The normalized spacial score (nSPS) is 17.1. The highest BCUT2D eigenvalue weighted by atomic mass is 16.5. The maximum Gasteiger partial charge on any atom is 0.162 e. The van der Waals surface area contributed by atoms with Crippen LogP contribution in [0.2, 0.25) is 0 Å². The van der Waals surface area contributed by atoms with Crippen LogP contribution >= 0.6 is 0 Å². The fraction of sp³-hybridized carbons (Fsp3) is 0.714. The lowest BCUT2D eigenvalue weighted by atomic mass is 10.0. The van der Waals surface area contributed by atoms with Crippen LogP contribution in [-0.2, 0) is 10.3 Å². The Morgan fingerprint density at radius 1 is 1.28 bits per heavy atom. The number of nitrogens with one attached hydrogen (secondary N) is 1. The lowest BCUT2D eigenvalue weighted by molar-refractivity contribution is 0.0113. The van der Waals surface area contributed by atoms with Crippen molar-refractivity contribution in [2.75, 3.05) is 19.5 Å². The van der Waals surface area contributed by atoms with Gasteiger partial charge in [-0.15, -0.1) is 0 Å². The van der Waals surface area contributed by atoms with Gasteiger partial charge in [-0.1, -0.05) is 12.8 Å². The molecule has 4 heteroatoms. The maximum atomic E-state index is 5.49. The number of nitrogens with zero attached hydrogens (tertiary/aromatic N) is 2. The maximum absolute atomic E-state index is 5.49. The molecule has 4 nitrogen and oxygen atoms in total. The molecule has 100 valence electrons. The summed E-state index contributed by atoms with van der Waals surface area (Å²) in [6.45, 7) is 4.00. The van der Waals surface area contributed by atoms with Crippen molar-refractivity contribution in [1.82, 2.24) is 9.97 Å². The number of aromatic nitrogens is 2. The Hall–Kier alpha value is -1.16. The van der Waals surface area contributed by atoms with E-state index in [-0.39, 0.29) is 0 Å². The van der Waals surface area contributed by atoms with Gasteiger partial charge < -0.3 is 10.1 Å². The van der Waals surface area contributed by atoms with Gasteiger partial charge >= 0.3 is 0 Å². The summed E-state index contributed by atoms with van der Waals surface area (Å²) < 4.78 is 5.49. The van der Waals surface area contributed by atoms with Gasteiger partial charge in [-0.3, -0.25) is 0 Å². The summed E-state index contributed by atoms with van der Waals surface area (Å²) in [7, 11) is 3.59. The molecule has 2 rings (SSSR count). The molecule has 0 spiro atoms. The monoisotopic (exact) mass is 249 g/mol. The van der Waals surface area contributed by atoms with Gasteiger partial charge in [0.15, 0.2) is 5.82 Å². The first-order chi connectivity index (χ1) is 8.56. The Labute approximate surface area is 109 Å². The second-order valence-electron chi connectivity index (χ2n) is 5.45. The highest BCUT2D eigenvalue weighted by Crippen LogP contribution is 2.34. The molecule has 0 radical (unpaired) electrons. The highest BCUT2D eigenvalue weighted by molar-refractivity contribution is 5.37. The predicted octanol–water partition coefficient (Wildman–Crippen LogP) is 3.06. The van der Waals surface area contributed by atoms with Gasteiger partial charge in [-0.05, 0) is 26.7 Å².